The van der Waals surface area contributed by atoms with Gasteiger partial charge in [-0.1, -0.05) is 20.8 Å². The summed E-state index contributed by atoms with van der Waals surface area (Å²) >= 11 is 1.76. The first-order valence-electron chi connectivity index (χ1n) is 6.50. The summed E-state index contributed by atoms with van der Waals surface area (Å²) in [4.78, 5) is 4.52. The molecule has 1 N–H and O–H groups in total. The standard InChI is InChI=1S/C15H22N2S/c1-15(2,3)7-5-12(16-4)11-9-14-13(17-10-11)6-8-18-14/h6,8-10,12,16H,5,7H2,1-4H3. The average molecular weight is 262 g/mol. The van der Waals surface area contributed by atoms with E-state index in [0.717, 1.165) is 11.9 Å². The summed E-state index contributed by atoms with van der Waals surface area (Å²) in [5, 5.41) is 5.51. The van der Waals surface area contributed by atoms with E-state index in [9.17, 15) is 0 Å². The lowest BCUT2D eigenvalue weighted by atomic mass is 9.87. The molecule has 0 aliphatic rings. The quantitative estimate of drug-likeness (QED) is 0.884. The van der Waals surface area contributed by atoms with Gasteiger partial charge in [-0.2, -0.15) is 0 Å². The number of rotatable bonds is 4. The molecule has 0 amide bonds. The largest absolute Gasteiger partial charge is 0.313 e. The van der Waals surface area contributed by atoms with E-state index in [4.69, 9.17) is 0 Å². The van der Waals surface area contributed by atoms with Gasteiger partial charge in [0.25, 0.3) is 0 Å². The molecular formula is C15H22N2S. The molecule has 98 valence electrons. The maximum atomic E-state index is 4.52. The summed E-state index contributed by atoms with van der Waals surface area (Å²) in [5.41, 5.74) is 2.79. The van der Waals surface area contributed by atoms with Crippen molar-refractivity contribution in [3.8, 4) is 0 Å². The molecule has 2 aromatic rings. The molecule has 0 saturated heterocycles. The SMILES string of the molecule is CNC(CCC(C)(C)C)c1cnc2ccsc2c1. The summed E-state index contributed by atoms with van der Waals surface area (Å²) in [5.74, 6) is 0. The molecule has 2 aromatic heterocycles. The fraction of sp³-hybridized carbons (Fsp3) is 0.533. The Morgan fingerprint density at radius 1 is 1.39 bits per heavy atom. The fourth-order valence-corrected chi connectivity index (χ4v) is 2.90. The first-order chi connectivity index (χ1) is 8.49. The van der Waals surface area contributed by atoms with E-state index in [1.165, 1.54) is 16.7 Å². The summed E-state index contributed by atoms with van der Waals surface area (Å²) in [6.45, 7) is 6.88. The molecule has 18 heavy (non-hydrogen) atoms. The minimum Gasteiger partial charge on any atom is -0.313 e. The van der Waals surface area contributed by atoms with Crippen LogP contribution in [-0.4, -0.2) is 12.0 Å². The van der Waals surface area contributed by atoms with Gasteiger partial charge in [0.15, 0.2) is 0 Å². The molecule has 1 atom stereocenters. The van der Waals surface area contributed by atoms with Gasteiger partial charge >= 0.3 is 0 Å². The number of hydrogen-bond donors (Lipinski definition) is 1. The second kappa shape index (κ2) is 5.37. The molecule has 0 aromatic carbocycles. The van der Waals surface area contributed by atoms with Gasteiger partial charge in [0.2, 0.25) is 0 Å². The molecule has 2 rings (SSSR count). The number of fused-ring (bicyclic) bond motifs is 1. The Kier molecular flexibility index (Phi) is 4.03. The van der Waals surface area contributed by atoms with Crippen molar-refractivity contribution in [2.75, 3.05) is 7.05 Å². The number of thiophene rings is 1. The Morgan fingerprint density at radius 3 is 2.83 bits per heavy atom. The van der Waals surface area contributed by atoms with Gasteiger partial charge in [0.05, 0.1) is 10.2 Å². The van der Waals surface area contributed by atoms with Gasteiger partial charge in [-0.3, -0.25) is 4.98 Å². The monoisotopic (exact) mass is 262 g/mol. The Balaban J connectivity index is 2.15. The molecule has 2 heterocycles. The number of pyridine rings is 1. The maximum absolute atomic E-state index is 4.52. The third-order valence-corrected chi connectivity index (χ3v) is 4.11. The van der Waals surface area contributed by atoms with Crippen LogP contribution in [0.5, 0.6) is 0 Å². The van der Waals surface area contributed by atoms with E-state index in [0.29, 0.717) is 11.5 Å². The maximum Gasteiger partial charge on any atom is 0.0809 e. The van der Waals surface area contributed by atoms with Crippen molar-refractivity contribution in [1.82, 2.24) is 10.3 Å². The molecule has 0 radical (unpaired) electrons. The lowest BCUT2D eigenvalue weighted by Crippen LogP contribution is -2.19. The minimum atomic E-state index is 0.384. The predicted octanol–water partition coefficient (Wildman–Crippen LogP) is 4.38. The zero-order chi connectivity index (χ0) is 13.2. The van der Waals surface area contributed by atoms with Crippen molar-refractivity contribution in [1.29, 1.82) is 0 Å². The number of nitrogens with one attached hydrogen (secondary N) is 1. The number of hydrogen-bond acceptors (Lipinski definition) is 3. The molecule has 0 saturated carbocycles. The van der Waals surface area contributed by atoms with Crippen molar-refractivity contribution in [3.63, 3.8) is 0 Å². The van der Waals surface area contributed by atoms with Crippen LogP contribution in [0.2, 0.25) is 0 Å². The van der Waals surface area contributed by atoms with E-state index >= 15 is 0 Å². The highest BCUT2D eigenvalue weighted by molar-refractivity contribution is 7.17. The van der Waals surface area contributed by atoms with E-state index < -0.39 is 0 Å². The van der Waals surface area contributed by atoms with Crippen LogP contribution in [0.3, 0.4) is 0 Å². The highest BCUT2D eigenvalue weighted by Gasteiger charge is 2.16. The Morgan fingerprint density at radius 2 is 2.17 bits per heavy atom. The first-order valence-corrected chi connectivity index (χ1v) is 7.38. The molecule has 0 aliphatic carbocycles. The van der Waals surface area contributed by atoms with Crippen molar-refractivity contribution in [2.45, 2.75) is 39.7 Å². The Labute approximate surface area is 113 Å². The molecule has 0 aliphatic heterocycles. The molecule has 1 unspecified atom stereocenters. The van der Waals surface area contributed by atoms with Crippen molar-refractivity contribution >= 4 is 21.6 Å². The smallest absolute Gasteiger partial charge is 0.0809 e. The predicted molar refractivity (Wildman–Crippen MR) is 80.1 cm³/mol. The van der Waals surface area contributed by atoms with Crippen LogP contribution in [0.15, 0.2) is 23.7 Å². The van der Waals surface area contributed by atoms with Gasteiger partial charge in [-0.05, 0) is 48.4 Å². The highest BCUT2D eigenvalue weighted by atomic mass is 32.1. The molecule has 0 fully saturated rings. The molecule has 3 heteroatoms. The van der Waals surface area contributed by atoms with Crippen LogP contribution in [0, 0.1) is 5.41 Å². The Hall–Kier alpha value is -0.930. The van der Waals surface area contributed by atoms with Crippen LogP contribution in [-0.2, 0) is 0 Å². The lowest BCUT2D eigenvalue weighted by molar-refractivity contribution is 0.338. The first kappa shape index (κ1) is 13.5. The third-order valence-electron chi connectivity index (χ3n) is 3.26. The number of nitrogens with zero attached hydrogens (tertiary/aromatic N) is 1. The molecule has 0 spiro atoms. The van der Waals surface area contributed by atoms with E-state index in [-0.39, 0.29) is 0 Å². The van der Waals surface area contributed by atoms with Gasteiger partial charge in [-0.25, -0.2) is 0 Å². The van der Waals surface area contributed by atoms with E-state index in [1.54, 1.807) is 11.3 Å². The fourth-order valence-electron chi connectivity index (χ4n) is 2.11. The van der Waals surface area contributed by atoms with Crippen LogP contribution < -0.4 is 5.32 Å². The summed E-state index contributed by atoms with van der Waals surface area (Å²) in [6.07, 6.45) is 4.37. The van der Waals surface area contributed by atoms with E-state index in [2.05, 4.69) is 48.6 Å². The van der Waals surface area contributed by atoms with Crippen molar-refractivity contribution in [3.05, 3.63) is 29.3 Å². The van der Waals surface area contributed by atoms with Crippen LogP contribution in [0.4, 0.5) is 0 Å². The van der Waals surface area contributed by atoms with Crippen LogP contribution in [0.25, 0.3) is 10.2 Å². The van der Waals surface area contributed by atoms with Crippen LogP contribution >= 0.6 is 11.3 Å². The van der Waals surface area contributed by atoms with Gasteiger partial charge in [0, 0.05) is 12.2 Å². The number of aromatic nitrogens is 1. The highest BCUT2D eigenvalue weighted by Crippen LogP contribution is 2.29. The Bertz CT molecular complexity index is 510. The molecule has 2 nitrogen and oxygen atoms in total. The zero-order valence-corrected chi connectivity index (χ0v) is 12.5. The van der Waals surface area contributed by atoms with Gasteiger partial charge < -0.3 is 5.32 Å². The lowest BCUT2D eigenvalue weighted by Gasteiger charge is -2.23. The topological polar surface area (TPSA) is 24.9 Å². The molecular weight excluding hydrogens is 240 g/mol. The second-order valence-electron chi connectivity index (χ2n) is 6.01. The minimum absolute atomic E-state index is 0.384. The van der Waals surface area contributed by atoms with Gasteiger partial charge in [-0.15, -0.1) is 11.3 Å². The van der Waals surface area contributed by atoms with Gasteiger partial charge in [0.1, 0.15) is 0 Å². The average Bonchev–Trinajstić information content (AvgIpc) is 2.75. The summed E-state index contributed by atoms with van der Waals surface area (Å²) < 4.78 is 1.28. The van der Waals surface area contributed by atoms with Crippen molar-refractivity contribution < 1.29 is 0 Å². The van der Waals surface area contributed by atoms with Crippen molar-refractivity contribution in [2.24, 2.45) is 5.41 Å². The van der Waals surface area contributed by atoms with Crippen LogP contribution in [0.1, 0.15) is 45.2 Å². The van der Waals surface area contributed by atoms with E-state index in [1.807, 2.05) is 13.2 Å². The summed E-state index contributed by atoms with van der Waals surface area (Å²) in [6, 6.07) is 4.76. The normalized spacial score (nSPS) is 14.0. The zero-order valence-electron chi connectivity index (χ0n) is 11.7. The summed E-state index contributed by atoms with van der Waals surface area (Å²) in [7, 11) is 2.03. The third kappa shape index (κ3) is 3.30. The molecule has 0 bridgehead atoms. The second-order valence-corrected chi connectivity index (χ2v) is 6.96.